The summed E-state index contributed by atoms with van der Waals surface area (Å²) in [5.41, 5.74) is 2.66. The van der Waals surface area contributed by atoms with Gasteiger partial charge in [-0.05, 0) is 18.2 Å². The second-order valence-corrected chi connectivity index (χ2v) is 4.09. The van der Waals surface area contributed by atoms with E-state index in [0.717, 1.165) is 22.9 Å². The average molecular weight is 249 g/mol. The van der Waals surface area contributed by atoms with Gasteiger partial charge in [-0.1, -0.05) is 36.4 Å². The van der Waals surface area contributed by atoms with Crippen molar-refractivity contribution in [2.24, 2.45) is 10.2 Å². The van der Waals surface area contributed by atoms with Gasteiger partial charge in [0.2, 0.25) is 0 Å². The minimum atomic E-state index is 0.445. The molecule has 0 atom stereocenters. The highest BCUT2D eigenvalue weighted by Crippen LogP contribution is 2.30. The number of rotatable bonds is 3. The highest BCUT2D eigenvalue weighted by molar-refractivity contribution is 6.00. The molecule has 0 aliphatic heterocycles. The highest BCUT2D eigenvalue weighted by Gasteiger charge is 2.09. The van der Waals surface area contributed by atoms with E-state index in [-0.39, 0.29) is 0 Å². The second kappa shape index (κ2) is 4.86. The number of aromatic nitrogens is 1. The number of aromatic amines is 1. The maximum Gasteiger partial charge on any atom is 0.168 e. The van der Waals surface area contributed by atoms with E-state index in [1.165, 1.54) is 0 Å². The number of fused-ring (bicyclic) bond motifs is 1. The Hall–Kier alpha value is -2.75. The molecule has 0 saturated carbocycles. The van der Waals surface area contributed by atoms with Crippen LogP contribution in [0.25, 0.3) is 10.9 Å². The van der Waals surface area contributed by atoms with Crippen molar-refractivity contribution in [1.82, 2.24) is 4.98 Å². The van der Waals surface area contributed by atoms with Crippen molar-refractivity contribution in [2.75, 3.05) is 0 Å². The Morgan fingerprint density at radius 2 is 1.63 bits per heavy atom. The molecule has 1 N–H and O–H groups in total. The summed E-state index contributed by atoms with van der Waals surface area (Å²) >= 11 is 0. The van der Waals surface area contributed by atoms with Crippen molar-refractivity contribution in [3.8, 4) is 0 Å². The van der Waals surface area contributed by atoms with Gasteiger partial charge < -0.3 is 4.98 Å². The Kier molecular flexibility index (Phi) is 2.90. The van der Waals surface area contributed by atoms with Crippen molar-refractivity contribution in [3.05, 3.63) is 60.3 Å². The van der Waals surface area contributed by atoms with Crippen molar-refractivity contribution < 1.29 is 4.79 Å². The smallest absolute Gasteiger partial charge is 0.168 e. The van der Waals surface area contributed by atoms with Gasteiger partial charge in [0.05, 0.1) is 5.69 Å². The standard InChI is InChI=1S/C15H11N3O/c19-10-14-15(12-8-4-5-9-13(12)16-14)18-17-11-6-2-1-3-7-11/h1-10,16H. The van der Waals surface area contributed by atoms with Crippen molar-refractivity contribution in [3.63, 3.8) is 0 Å². The summed E-state index contributed by atoms with van der Waals surface area (Å²) in [5, 5.41) is 9.24. The number of hydrogen-bond acceptors (Lipinski definition) is 3. The third-order valence-corrected chi connectivity index (χ3v) is 2.85. The molecule has 3 rings (SSSR count). The lowest BCUT2D eigenvalue weighted by molar-refractivity contribution is 0.112. The Morgan fingerprint density at radius 1 is 0.895 bits per heavy atom. The highest BCUT2D eigenvalue weighted by atomic mass is 16.1. The van der Waals surface area contributed by atoms with Crippen LogP contribution in [-0.4, -0.2) is 11.3 Å². The summed E-state index contributed by atoms with van der Waals surface area (Å²) in [6, 6.07) is 17.1. The molecule has 0 aliphatic carbocycles. The Labute approximate surface area is 109 Å². The van der Waals surface area contributed by atoms with E-state index >= 15 is 0 Å². The van der Waals surface area contributed by atoms with E-state index in [4.69, 9.17) is 0 Å². The monoisotopic (exact) mass is 249 g/mol. The first-order chi connectivity index (χ1) is 9.38. The van der Waals surface area contributed by atoms with Gasteiger partial charge >= 0.3 is 0 Å². The van der Waals surface area contributed by atoms with Gasteiger partial charge in [-0.3, -0.25) is 4.79 Å². The number of carbonyl (C=O) groups excluding carboxylic acids is 1. The Bertz CT molecular complexity index is 744. The lowest BCUT2D eigenvalue weighted by Crippen LogP contribution is -1.77. The molecule has 2 aromatic carbocycles. The quantitative estimate of drug-likeness (QED) is 0.543. The third kappa shape index (κ3) is 2.15. The number of carbonyl (C=O) groups is 1. The van der Waals surface area contributed by atoms with Crippen LogP contribution in [0.3, 0.4) is 0 Å². The minimum absolute atomic E-state index is 0.445. The maximum absolute atomic E-state index is 11.1. The van der Waals surface area contributed by atoms with Crippen LogP contribution in [0.5, 0.6) is 0 Å². The van der Waals surface area contributed by atoms with Crippen LogP contribution in [-0.2, 0) is 0 Å². The van der Waals surface area contributed by atoms with Crippen LogP contribution in [0.2, 0.25) is 0 Å². The number of H-pyrrole nitrogens is 1. The molecule has 1 heterocycles. The van der Waals surface area contributed by atoms with Gasteiger partial charge in [0.25, 0.3) is 0 Å². The molecule has 0 spiro atoms. The summed E-state index contributed by atoms with van der Waals surface area (Å²) in [4.78, 5) is 14.1. The van der Waals surface area contributed by atoms with Gasteiger partial charge in [-0.25, -0.2) is 0 Å². The lowest BCUT2D eigenvalue weighted by atomic mass is 10.2. The predicted molar refractivity (Wildman–Crippen MR) is 74.3 cm³/mol. The fourth-order valence-electron chi connectivity index (χ4n) is 1.94. The summed E-state index contributed by atoms with van der Waals surface area (Å²) in [6.45, 7) is 0. The zero-order valence-electron chi connectivity index (χ0n) is 10.1. The minimum Gasteiger partial charge on any atom is -0.350 e. The molecule has 1 aromatic heterocycles. The van der Waals surface area contributed by atoms with Crippen molar-refractivity contribution in [1.29, 1.82) is 0 Å². The van der Waals surface area contributed by atoms with Crippen LogP contribution < -0.4 is 0 Å². The van der Waals surface area contributed by atoms with Gasteiger partial charge in [0, 0.05) is 10.9 Å². The Morgan fingerprint density at radius 3 is 2.42 bits per heavy atom. The normalized spacial score (nSPS) is 11.2. The molecule has 0 aliphatic rings. The number of para-hydroxylation sites is 1. The third-order valence-electron chi connectivity index (χ3n) is 2.85. The predicted octanol–water partition coefficient (Wildman–Crippen LogP) is 4.40. The molecule has 0 amide bonds. The topological polar surface area (TPSA) is 57.6 Å². The van der Waals surface area contributed by atoms with Crippen LogP contribution in [0, 0.1) is 0 Å². The zero-order valence-corrected chi connectivity index (χ0v) is 10.1. The Balaban J connectivity index is 2.09. The summed E-state index contributed by atoms with van der Waals surface area (Å²) < 4.78 is 0. The molecule has 3 aromatic rings. The van der Waals surface area contributed by atoms with Gasteiger partial charge in [0.1, 0.15) is 11.4 Å². The molecule has 0 fully saturated rings. The second-order valence-electron chi connectivity index (χ2n) is 4.09. The first-order valence-corrected chi connectivity index (χ1v) is 5.91. The van der Waals surface area contributed by atoms with E-state index in [1.54, 1.807) is 0 Å². The average Bonchev–Trinajstić information content (AvgIpc) is 2.84. The summed E-state index contributed by atoms with van der Waals surface area (Å²) in [7, 11) is 0. The number of nitrogens with zero attached hydrogens (tertiary/aromatic N) is 2. The largest absolute Gasteiger partial charge is 0.350 e. The van der Waals surface area contributed by atoms with E-state index < -0.39 is 0 Å². The fraction of sp³-hybridized carbons (Fsp3) is 0. The molecule has 92 valence electrons. The SMILES string of the molecule is O=Cc1[nH]c2ccccc2c1N=Nc1ccccc1. The molecule has 19 heavy (non-hydrogen) atoms. The van der Waals surface area contributed by atoms with Crippen LogP contribution in [0.4, 0.5) is 11.4 Å². The molecule has 4 nitrogen and oxygen atoms in total. The molecule has 0 saturated heterocycles. The number of aldehydes is 1. The summed E-state index contributed by atoms with van der Waals surface area (Å²) in [6.07, 6.45) is 0.763. The fourth-order valence-corrected chi connectivity index (χ4v) is 1.94. The van der Waals surface area contributed by atoms with E-state index in [9.17, 15) is 4.79 Å². The zero-order chi connectivity index (χ0) is 13.1. The van der Waals surface area contributed by atoms with Gasteiger partial charge in [-0.15, -0.1) is 5.11 Å². The van der Waals surface area contributed by atoms with E-state index in [2.05, 4.69) is 15.2 Å². The van der Waals surface area contributed by atoms with Crippen LogP contribution in [0.15, 0.2) is 64.8 Å². The molecule has 0 bridgehead atoms. The lowest BCUT2D eigenvalue weighted by Gasteiger charge is -1.92. The van der Waals surface area contributed by atoms with Crippen LogP contribution in [0.1, 0.15) is 10.5 Å². The first kappa shape index (κ1) is 11.3. The van der Waals surface area contributed by atoms with Crippen molar-refractivity contribution in [2.45, 2.75) is 0 Å². The number of benzene rings is 2. The summed E-state index contributed by atoms with van der Waals surface area (Å²) in [5.74, 6) is 0. The molecular weight excluding hydrogens is 238 g/mol. The first-order valence-electron chi connectivity index (χ1n) is 5.91. The van der Waals surface area contributed by atoms with E-state index in [0.29, 0.717) is 11.4 Å². The van der Waals surface area contributed by atoms with E-state index in [1.807, 2.05) is 54.6 Å². The molecule has 0 radical (unpaired) electrons. The molecular formula is C15H11N3O. The number of azo groups is 1. The molecule has 0 unspecified atom stereocenters. The van der Waals surface area contributed by atoms with Gasteiger partial charge in [0.15, 0.2) is 6.29 Å². The van der Waals surface area contributed by atoms with Gasteiger partial charge in [-0.2, -0.15) is 5.11 Å². The molecule has 4 heteroatoms. The number of hydrogen-bond donors (Lipinski definition) is 1. The van der Waals surface area contributed by atoms with Crippen molar-refractivity contribution >= 4 is 28.6 Å². The van der Waals surface area contributed by atoms with Crippen LogP contribution >= 0.6 is 0 Å². The maximum atomic E-state index is 11.1. The number of nitrogens with one attached hydrogen (secondary N) is 1.